The Kier molecular flexibility index (Phi) is 6.12. The highest BCUT2D eigenvalue weighted by Gasteiger charge is 2.33. The minimum atomic E-state index is -4.45. The summed E-state index contributed by atoms with van der Waals surface area (Å²) in [7, 11) is -3.12. The maximum atomic E-state index is 13.0. The first-order valence-corrected chi connectivity index (χ1v) is 9.30. The third kappa shape index (κ3) is 6.71. The second-order valence-corrected chi connectivity index (χ2v) is 8.40. The molecule has 2 N–H and O–H groups in total. The van der Waals surface area contributed by atoms with Gasteiger partial charge in [0.2, 0.25) is 0 Å². The van der Waals surface area contributed by atoms with Crippen LogP contribution in [0.25, 0.3) is 0 Å². The van der Waals surface area contributed by atoms with Crippen molar-refractivity contribution in [2.75, 3.05) is 17.8 Å². The summed E-state index contributed by atoms with van der Waals surface area (Å²) in [5.74, 6) is 0.156. The van der Waals surface area contributed by atoms with Crippen LogP contribution in [0.4, 0.5) is 13.2 Å². The van der Waals surface area contributed by atoms with Crippen LogP contribution in [0, 0.1) is 0 Å². The molecular weight excluding hydrogens is 323 g/mol. The molecule has 0 fully saturated rings. The van der Waals surface area contributed by atoms with Crippen molar-refractivity contribution < 1.29 is 21.6 Å². The van der Waals surface area contributed by atoms with Crippen molar-refractivity contribution in [3.05, 3.63) is 29.3 Å². The van der Waals surface area contributed by atoms with Crippen LogP contribution in [0.2, 0.25) is 0 Å². The first-order valence-electron chi connectivity index (χ1n) is 6.25. The van der Waals surface area contributed by atoms with Gasteiger partial charge in [0.25, 0.3) is 0 Å². The van der Waals surface area contributed by atoms with E-state index in [2.05, 4.69) is 0 Å². The summed E-state index contributed by atoms with van der Waals surface area (Å²) in [5.41, 5.74) is 5.02. The molecule has 0 aliphatic heterocycles. The highest BCUT2D eigenvalue weighted by Crippen LogP contribution is 2.35. The minimum absolute atomic E-state index is 0.0688. The van der Waals surface area contributed by atoms with Gasteiger partial charge in [-0.25, -0.2) is 8.42 Å². The number of hydrogen-bond acceptors (Lipinski definition) is 4. The lowest BCUT2D eigenvalue weighted by Gasteiger charge is -2.15. The molecule has 120 valence electrons. The molecule has 1 aromatic carbocycles. The molecule has 0 heterocycles. The molecule has 0 bridgehead atoms. The van der Waals surface area contributed by atoms with Gasteiger partial charge in [0.05, 0.1) is 11.3 Å². The fourth-order valence-corrected chi connectivity index (χ4v) is 3.89. The Balaban J connectivity index is 2.94. The number of rotatable bonds is 6. The molecule has 1 atom stereocenters. The molecule has 0 saturated carbocycles. The molecule has 0 radical (unpaired) electrons. The van der Waals surface area contributed by atoms with E-state index >= 15 is 0 Å². The third-order valence-corrected chi connectivity index (χ3v) is 4.85. The van der Waals surface area contributed by atoms with Crippen LogP contribution < -0.4 is 5.73 Å². The second kappa shape index (κ2) is 7.02. The summed E-state index contributed by atoms with van der Waals surface area (Å²) in [6.45, 7) is 1.65. The number of thioether (sulfide) groups is 1. The van der Waals surface area contributed by atoms with Gasteiger partial charge in [-0.2, -0.15) is 13.2 Å². The van der Waals surface area contributed by atoms with E-state index in [0.717, 1.165) is 24.1 Å². The second-order valence-electron chi connectivity index (χ2n) is 4.98. The standard InChI is InChI=1S/C13H18F3NO2S2/c1-9(17)7-10-3-4-11(8-12(10)13(14,15)16)20-5-6-21(2,18)19/h3-4,8-9H,5-7,17H2,1-2H3. The first kappa shape index (κ1) is 18.3. The molecule has 21 heavy (non-hydrogen) atoms. The molecule has 0 aromatic heterocycles. The molecule has 1 unspecified atom stereocenters. The lowest BCUT2D eigenvalue weighted by molar-refractivity contribution is -0.138. The summed E-state index contributed by atoms with van der Waals surface area (Å²) in [6.07, 6.45) is -3.21. The van der Waals surface area contributed by atoms with Gasteiger partial charge in [0.1, 0.15) is 9.84 Å². The van der Waals surface area contributed by atoms with Gasteiger partial charge in [0, 0.05) is 22.9 Å². The maximum Gasteiger partial charge on any atom is 0.416 e. The predicted octanol–water partition coefficient (Wildman–Crippen LogP) is 2.73. The number of alkyl halides is 3. The van der Waals surface area contributed by atoms with E-state index < -0.39 is 21.6 Å². The van der Waals surface area contributed by atoms with E-state index in [1.807, 2.05) is 0 Å². The Labute approximate surface area is 127 Å². The van der Waals surface area contributed by atoms with Crippen molar-refractivity contribution in [3.63, 3.8) is 0 Å². The van der Waals surface area contributed by atoms with Crippen molar-refractivity contribution in [1.82, 2.24) is 0 Å². The minimum Gasteiger partial charge on any atom is -0.328 e. The Hall–Kier alpha value is -0.730. The number of halogens is 3. The number of benzene rings is 1. The van der Waals surface area contributed by atoms with Gasteiger partial charge >= 0.3 is 6.18 Å². The number of hydrogen-bond donors (Lipinski definition) is 1. The summed E-state index contributed by atoms with van der Waals surface area (Å²) < 4.78 is 61.2. The molecule has 0 aliphatic carbocycles. The molecule has 8 heteroatoms. The van der Waals surface area contributed by atoms with Crippen LogP contribution in [-0.2, 0) is 22.4 Å². The van der Waals surface area contributed by atoms with Crippen molar-refractivity contribution in [2.45, 2.75) is 30.5 Å². The van der Waals surface area contributed by atoms with Gasteiger partial charge < -0.3 is 5.73 Å². The van der Waals surface area contributed by atoms with Crippen LogP contribution in [0.1, 0.15) is 18.1 Å². The summed E-state index contributed by atoms with van der Waals surface area (Å²) in [4.78, 5) is 0.402. The Bertz CT molecular complexity index is 584. The number of sulfone groups is 1. The smallest absolute Gasteiger partial charge is 0.328 e. The van der Waals surface area contributed by atoms with Crippen molar-refractivity contribution in [3.8, 4) is 0 Å². The Morgan fingerprint density at radius 3 is 2.43 bits per heavy atom. The SMILES string of the molecule is CC(N)Cc1ccc(SCCS(C)(=O)=O)cc1C(F)(F)F. The third-order valence-electron chi connectivity index (χ3n) is 2.65. The highest BCUT2D eigenvalue weighted by atomic mass is 32.2. The quantitative estimate of drug-likeness (QED) is 0.808. The van der Waals surface area contributed by atoms with Crippen LogP contribution >= 0.6 is 11.8 Å². The van der Waals surface area contributed by atoms with Crippen molar-refractivity contribution >= 4 is 21.6 Å². The normalized spacial score (nSPS) is 14.2. The van der Waals surface area contributed by atoms with Gasteiger partial charge in [-0.3, -0.25) is 0 Å². The molecule has 0 spiro atoms. The predicted molar refractivity (Wildman–Crippen MR) is 79.2 cm³/mol. The van der Waals surface area contributed by atoms with Crippen LogP contribution in [0.5, 0.6) is 0 Å². The van der Waals surface area contributed by atoms with Gasteiger partial charge in [-0.1, -0.05) is 6.07 Å². The average Bonchev–Trinajstić information content (AvgIpc) is 2.27. The largest absolute Gasteiger partial charge is 0.416 e. The highest BCUT2D eigenvalue weighted by molar-refractivity contribution is 8.00. The molecule has 1 aromatic rings. The van der Waals surface area contributed by atoms with Gasteiger partial charge in [-0.15, -0.1) is 11.8 Å². The van der Waals surface area contributed by atoms with Crippen LogP contribution in [0.3, 0.4) is 0 Å². The topological polar surface area (TPSA) is 60.2 Å². The average molecular weight is 341 g/mol. The summed E-state index contributed by atoms with van der Waals surface area (Å²) in [6, 6.07) is 3.68. The molecule has 0 saturated heterocycles. The fraction of sp³-hybridized carbons (Fsp3) is 0.538. The van der Waals surface area contributed by atoms with E-state index in [9.17, 15) is 21.6 Å². The monoisotopic (exact) mass is 341 g/mol. The van der Waals surface area contributed by atoms with E-state index in [1.54, 1.807) is 13.0 Å². The van der Waals surface area contributed by atoms with Crippen molar-refractivity contribution in [1.29, 1.82) is 0 Å². The lowest BCUT2D eigenvalue weighted by Crippen LogP contribution is -2.20. The summed E-state index contributed by atoms with van der Waals surface area (Å²) >= 11 is 1.09. The van der Waals surface area contributed by atoms with E-state index in [-0.39, 0.29) is 29.5 Å². The maximum absolute atomic E-state index is 13.0. The van der Waals surface area contributed by atoms with Gasteiger partial charge in [-0.05, 0) is 31.0 Å². The fourth-order valence-electron chi connectivity index (χ4n) is 1.75. The zero-order valence-electron chi connectivity index (χ0n) is 11.8. The zero-order valence-corrected chi connectivity index (χ0v) is 13.4. The van der Waals surface area contributed by atoms with E-state index in [0.29, 0.717) is 4.90 Å². The Morgan fingerprint density at radius 2 is 1.95 bits per heavy atom. The van der Waals surface area contributed by atoms with E-state index in [1.165, 1.54) is 6.07 Å². The molecule has 0 amide bonds. The molecule has 3 nitrogen and oxygen atoms in total. The molecule has 1 rings (SSSR count). The number of nitrogens with two attached hydrogens (primary N) is 1. The molecule has 0 aliphatic rings. The summed E-state index contributed by atoms with van der Waals surface area (Å²) in [5, 5.41) is 0. The lowest BCUT2D eigenvalue weighted by atomic mass is 10.0. The van der Waals surface area contributed by atoms with Gasteiger partial charge in [0.15, 0.2) is 0 Å². The van der Waals surface area contributed by atoms with Crippen LogP contribution in [0.15, 0.2) is 23.1 Å². The van der Waals surface area contributed by atoms with Crippen LogP contribution in [-0.4, -0.2) is 32.2 Å². The first-order chi connectivity index (χ1) is 9.49. The zero-order chi connectivity index (χ0) is 16.3. The van der Waals surface area contributed by atoms with E-state index in [4.69, 9.17) is 5.73 Å². The Morgan fingerprint density at radius 1 is 1.33 bits per heavy atom. The van der Waals surface area contributed by atoms with Crippen molar-refractivity contribution in [2.24, 2.45) is 5.73 Å². The molecular formula is C13H18F3NO2S2.